The van der Waals surface area contributed by atoms with Crippen LogP contribution in [0.1, 0.15) is 23.0 Å². The van der Waals surface area contributed by atoms with E-state index in [1.807, 2.05) is 6.92 Å². The number of hydrogen-bond donors (Lipinski definition) is 2. The molecule has 0 atom stereocenters. The summed E-state index contributed by atoms with van der Waals surface area (Å²) >= 11 is 12.2. The fourth-order valence-corrected chi connectivity index (χ4v) is 3.42. The van der Waals surface area contributed by atoms with Gasteiger partial charge in [0, 0.05) is 11.1 Å². The molecule has 0 aliphatic heterocycles. The molecule has 2 aromatic carbocycles. The van der Waals surface area contributed by atoms with Crippen molar-refractivity contribution >= 4 is 41.1 Å². The van der Waals surface area contributed by atoms with Crippen LogP contribution in [0.25, 0.3) is 17.1 Å². The number of nitrogen functional groups attached to an aromatic ring is 1. The highest BCUT2D eigenvalue weighted by Gasteiger charge is 2.25. The van der Waals surface area contributed by atoms with Crippen molar-refractivity contribution in [1.29, 1.82) is 0 Å². The summed E-state index contributed by atoms with van der Waals surface area (Å²) in [4.78, 5) is 12.9. The second-order valence-electron chi connectivity index (χ2n) is 6.47. The van der Waals surface area contributed by atoms with Gasteiger partial charge in [-0.05, 0) is 41.5 Å². The van der Waals surface area contributed by atoms with Crippen LogP contribution in [0.4, 0.5) is 5.82 Å². The third kappa shape index (κ3) is 4.64. The molecular formula is C20H16Cl2N8O3. The molecule has 0 bridgehead atoms. The molecule has 4 aromatic rings. The highest BCUT2D eigenvalue weighted by molar-refractivity contribution is 6.38. The Hall–Kier alpha value is -3.96. The van der Waals surface area contributed by atoms with Crippen molar-refractivity contribution in [2.75, 3.05) is 12.3 Å². The third-order valence-electron chi connectivity index (χ3n) is 4.36. The fourth-order valence-electron chi connectivity index (χ4n) is 2.92. The molecule has 11 nitrogen and oxygen atoms in total. The van der Waals surface area contributed by atoms with Crippen LogP contribution in [0, 0.1) is 0 Å². The molecule has 0 radical (unpaired) electrons. The van der Waals surface area contributed by atoms with Crippen molar-refractivity contribution in [2.45, 2.75) is 6.92 Å². The van der Waals surface area contributed by atoms with Gasteiger partial charge in [-0.25, -0.2) is 10.1 Å². The molecule has 0 aliphatic carbocycles. The molecule has 0 unspecified atom stereocenters. The number of hydrogen-bond acceptors (Lipinski definition) is 9. The molecule has 0 saturated carbocycles. The number of carbonyl (C=O) groups excluding carboxylic acids is 1. The number of rotatable bonds is 7. The zero-order valence-corrected chi connectivity index (χ0v) is 18.6. The second-order valence-corrected chi connectivity index (χ2v) is 7.28. The van der Waals surface area contributed by atoms with Gasteiger partial charge >= 0.3 is 0 Å². The first-order valence-electron chi connectivity index (χ1n) is 9.54. The zero-order valence-electron chi connectivity index (χ0n) is 17.1. The summed E-state index contributed by atoms with van der Waals surface area (Å²) in [6.45, 7) is 2.33. The molecule has 13 heteroatoms. The number of aromatic nitrogens is 5. The largest absolute Gasteiger partial charge is 0.494 e. The fraction of sp³-hybridized carbons (Fsp3) is 0.100. The summed E-state index contributed by atoms with van der Waals surface area (Å²) in [5.74, 6) is -0.00980. The van der Waals surface area contributed by atoms with Crippen LogP contribution in [0.15, 0.2) is 52.2 Å². The third-order valence-corrected chi connectivity index (χ3v) is 5.02. The highest BCUT2D eigenvalue weighted by atomic mass is 35.5. The van der Waals surface area contributed by atoms with Crippen molar-refractivity contribution in [2.24, 2.45) is 5.10 Å². The van der Waals surface area contributed by atoms with Gasteiger partial charge in [0.25, 0.3) is 5.91 Å². The van der Waals surface area contributed by atoms with Crippen LogP contribution >= 0.6 is 23.2 Å². The van der Waals surface area contributed by atoms with Crippen molar-refractivity contribution in [1.82, 2.24) is 30.7 Å². The number of nitrogens with one attached hydrogen (secondary N) is 1. The zero-order chi connectivity index (χ0) is 23.4. The van der Waals surface area contributed by atoms with Crippen molar-refractivity contribution < 1.29 is 14.2 Å². The van der Waals surface area contributed by atoms with Gasteiger partial charge in [-0.3, -0.25) is 4.79 Å². The Morgan fingerprint density at radius 1 is 1.24 bits per heavy atom. The Morgan fingerprint density at radius 3 is 2.70 bits per heavy atom. The number of nitrogens with zero attached hydrogens (tertiary/aromatic N) is 6. The Morgan fingerprint density at radius 2 is 2.00 bits per heavy atom. The first kappa shape index (κ1) is 22.2. The summed E-state index contributed by atoms with van der Waals surface area (Å²) in [6.07, 6.45) is 1.34. The number of carbonyl (C=O) groups is 1. The van der Waals surface area contributed by atoms with Crippen LogP contribution in [-0.2, 0) is 0 Å². The quantitative estimate of drug-likeness (QED) is 0.298. The Bertz CT molecular complexity index is 1310. The molecule has 4 rings (SSSR count). The molecular weight excluding hydrogens is 471 g/mol. The van der Waals surface area contributed by atoms with Crippen LogP contribution in [0.3, 0.4) is 0 Å². The van der Waals surface area contributed by atoms with Gasteiger partial charge in [-0.15, -0.1) is 5.10 Å². The summed E-state index contributed by atoms with van der Waals surface area (Å²) in [7, 11) is 0. The number of anilines is 1. The number of amides is 1. The summed E-state index contributed by atoms with van der Waals surface area (Å²) in [6, 6.07) is 12.0. The van der Waals surface area contributed by atoms with Crippen molar-refractivity contribution in [3.8, 4) is 22.8 Å². The summed E-state index contributed by atoms with van der Waals surface area (Å²) in [5.41, 5.74) is 9.48. The Kier molecular flexibility index (Phi) is 6.52. The maximum absolute atomic E-state index is 12.9. The van der Waals surface area contributed by atoms with Crippen LogP contribution in [0.5, 0.6) is 5.75 Å². The molecule has 0 aliphatic rings. The molecule has 0 fully saturated rings. The maximum atomic E-state index is 12.9. The van der Waals surface area contributed by atoms with E-state index in [0.717, 1.165) is 0 Å². The molecule has 0 spiro atoms. The van der Waals surface area contributed by atoms with Gasteiger partial charge in [0.2, 0.25) is 11.6 Å². The Balaban J connectivity index is 1.72. The lowest BCUT2D eigenvalue weighted by Gasteiger charge is -2.08. The van der Waals surface area contributed by atoms with Gasteiger partial charge in [-0.2, -0.15) is 9.78 Å². The van der Waals surface area contributed by atoms with Gasteiger partial charge < -0.3 is 10.5 Å². The van der Waals surface area contributed by atoms with Crippen LogP contribution in [0.2, 0.25) is 10.0 Å². The van der Waals surface area contributed by atoms with Crippen LogP contribution < -0.4 is 15.9 Å². The van der Waals surface area contributed by atoms with E-state index < -0.39 is 5.91 Å². The highest BCUT2D eigenvalue weighted by Crippen LogP contribution is 2.29. The average Bonchev–Trinajstić information content (AvgIpc) is 3.42. The van der Waals surface area contributed by atoms with E-state index in [9.17, 15) is 4.79 Å². The lowest BCUT2D eigenvalue weighted by Crippen LogP contribution is -2.19. The Labute approximate surface area is 197 Å². The second kappa shape index (κ2) is 9.67. The van der Waals surface area contributed by atoms with E-state index in [-0.39, 0.29) is 23.0 Å². The lowest BCUT2D eigenvalue weighted by molar-refractivity contribution is 0.0950. The number of benzene rings is 2. The minimum Gasteiger partial charge on any atom is -0.494 e. The van der Waals surface area contributed by atoms with Gasteiger partial charge in [-0.1, -0.05) is 46.6 Å². The number of ether oxygens (including phenoxy) is 1. The first-order valence-corrected chi connectivity index (χ1v) is 10.3. The van der Waals surface area contributed by atoms with E-state index in [2.05, 4.69) is 35.8 Å². The monoisotopic (exact) mass is 486 g/mol. The predicted molar refractivity (Wildman–Crippen MR) is 122 cm³/mol. The molecule has 168 valence electrons. The topological polar surface area (TPSA) is 146 Å². The molecule has 33 heavy (non-hydrogen) atoms. The van der Waals surface area contributed by atoms with E-state index in [0.29, 0.717) is 33.5 Å². The van der Waals surface area contributed by atoms with Gasteiger partial charge in [0.05, 0.1) is 22.9 Å². The van der Waals surface area contributed by atoms with Gasteiger partial charge in [0.1, 0.15) is 11.4 Å². The van der Waals surface area contributed by atoms with Crippen molar-refractivity contribution in [3.63, 3.8) is 0 Å². The van der Waals surface area contributed by atoms with E-state index in [4.69, 9.17) is 33.7 Å². The van der Waals surface area contributed by atoms with Crippen molar-refractivity contribution in [3.05, 3.63) is 63.8 Å². The summed E-state index contributed by atoms with van der Waals surface area (Å²) < 4.78 is 11.5. The van der Waals surface area contributed by atoms with E-state index in [1.165, 1.54) is 10.9 Å². The smallest absolute Gasteiger partial charge is 0.294 e. The molecule has 0 saturated heterocycles. The molecule has 2 heterocycles. The average molecular weight is 487 g/mol. The normalized spacial score (nSPS) is 11.1. The molecule has 2 aromatic heterocycles. The predicted octanol–water partition coefficient (Wildman–Crippen LogP) is 3.37. The van der Waals surface area contributed by atoms with E-state index >= 15 is 0 Å². The number of nitrogens with two attached hydrogens (primary N) is 1. The minimum atomic E-state index is -0.646. The lowest BCUT2D eigenvalue weighted by atomic mass is 10.1. The number of hydrazone groups is 1. The SMILES string of the molecule is CCOc1cccc(-c2c(C(=O)N/N=C/c3c(Cl)cccc3Cl)nnn2-c2nonc2N)c1. The maximum Gasteiger partial charge on any atom is 0.294 e. The summed E-state index contributed by atoms with van der Waals surface area (Å²) in [5, 5.41) is 20.0. The molecule has 1 amide bonds. The van der Waals surface area contributed by atoms with E-state index in [1.54, 1.807) is 42.5 Å². The van der Waals surface area contributed by atoms with Crippen LogP contribution in [-0.4, -0.2) is 44.0 Å². The standard InChI is InChI=1S/C20H16Cl2N8O3/c1-2-32-12-6-3-5-11(9-12)17-16(25-29-30(17)19-18(23)27-33-28-19)20(31)26-24-10-13-14(21)7-4-8-15(13)22/h3-10H,2H2,1H3,(H2,23,27)(H,26,31)/b24-10+. The number of halogens is 2. The first-order chi connectivity index (χ1) is 16.0. The molecule has 3 N–H and O–H groups in total. The minimum absolute atomic E-state index is 0.0274. The van der Waals surface area contributed by atoms with Gasteiger partial charge in [0.15, 0.2) is 5.69 Å².